The molecule has 1 aliphatic carbocycles. The van der Waals surface area contributed by atoms with Crippen molar-refractivity contribution in [2.75, 3.05) is 6.54 Å². The number of nitrogens with two attached hydrogens (primary N) is 1. The quantitative estimate of drug-likeness (QED) is 0.729. The summed E-state index contributed by atoms with van der Waals surface area (Å²) in [4.78, 5) is 24.1. The summed E-state index contributed by atoms with van der Waals surface area (Å²) in [6.07, 6.45) is 4.61. The summed E-state index contributed by atoms with van der Waals surface area (Å²) in [7, 11) is 0. The van der Waals surface area contributed by atoms with E-state index in [9.17, 15) is 14.7 Å². The highest BCUT2D eigenvalue weighted by Gasteiger charge is 2.29. The van der Waals surface area contributed by atoms with Crippen molar-refractivity contribution in [2.24, 2.45) is 5.73 Å². The fourth-order valence-electron chi connectivity index (χ4n) is 3.79. The molecule has 3 N–H and O–H groups in total. The van der Waals surface area contributed by atoms with Crippen LogP contribution in [-0.4, -0.2) is 22.0 Å². The van der Waals surface area contributed by atoms with Gasteiger partial charge in [-0.3, -0.25) is 9.20 Å². The van der Waals surface area contributed by atoms with Crippen LogP contribution in [0.25, 0.3) is 16.6 Å². The van der Waals surface area contributed by atoms with E-state index in [-0.39, 0.29) is 5.56 Å². The summed E-state index contributed by atoms with van der Waals surface area (Å²) in [5.74, 6) is -0.840. The van der Waals surface area contributed by atoms with E-state index in [0.717, 1.165) is 47.0 Å². The van der Waals surface area contributed by atoms with E-state index >= 15 is 0 Å². The van der Waals surface area contributed by atoms with E-state index in [4.69, 9.17) is 5.73 Å². The first-order valence-electron chi connectivity index (χ1n) is 9.22. The number of hydrogen-bond acceptors (Lipinski definition) is 3. The van der Waals surface area contributed by atoms with Crippen molar-refractivity contribution < 1.29 is 9.90 Å². The smallest absolute Gasteiger partial charge is 0.341 e. The van der Waals surface area contributed by atoms with Gasteiger partial charge in [-0.25, -0.2) is 4.79 Å². The van der Waals surface area contributed by atoms with Crippen molar-refractivity contribution in [1.82, 2.24) is 4.40 Å². The predicted molar refractivity (Wildman–Crippen MR) is 106 cm³/mol. The molecule has 0 spiro atoms. The zero-order valence-electron chi connectivity index (χ0n) is 15.2. The van der Waals surface area contributed by atoms with Crippen LogP contribution in [0, 0.1) is 6.92 Å². The SMILES string of the molecule is Cc1c(-c2ccc(CCN)cc2)ccn2c(=O)c(C(=O)O)cc(C3CC3)c12. The Hall–Kier alpha value is -2.92. The van der Waals surface area contributed by atoms with Gasteiger partial charge in [0, 0.05) is 6.20 Å². The van der Waals surface area contributed by atoms with Gasteiger partial charge in [-0.1, -0.05) is 24.3 Å². The Kier molecular flexibility index (Phi) is 4.32. The average molecular weight is 362 g/mol. The number of carbonyl (C=O) groups is 1. The molecule has 5 nitrogen and oxygen atoms in total. The Morgan fingerprint density at radius 2 is 1.93 bits per heavy atom. The molecule has 0 aliphatic heterocycles. The number of aromatic nitrogens is 1. The zero-order valence-corrected chi connectivity index (χ0v) is 15.2. The summed E-state index contributed by atoms with van der Waals surface area (Å²) >= 11 is 0. The Morgan fingerprint density at radius 1 is 1.22 bits per heavy atom. The molecule has 0 amide bonds. The molecule has 138 valence electrons. The predicted octanol–water partition coefficient (Wildman–Crippen LogP) is 3.35. The molecule has 1 aliphatic rings. The van der Waals surface area contributed by atoms with Crippen LogP contribution in [-0.2, 0) is 6.42 Å². The maximum atomic E-state index is 12.7. The van der Waals surface area contributed by atoms with Crippen molar-refractivity contribution in [2.45, 2.75) is 32.1 Å². The molecule has 1 aromatic carbocycles. The first kappa shape index (κ1) is 17.5. The number of nitrogens with zero attached hydrogens (tertiary/aromatic N) is 1. The van der Waals surface area contributed by atoms with Crippen LogP contribution >= 0.6 is 0 Å². The van der Waals surface area contributed by atoms with Crippen LogP contribution in [0.1, 0.15) is 45.8 Å². The summed E-state index contributed by atoms with van der Waals surface area (Å²) in [6.45, 7) is 2.62. The van der Waals surface area contributed by atoms with E-state index in [1.165, 1.54) is 9.96 Å². The summed E-state index contributed by atoms with van der Waals surface area (Å²) < 4.78 is 1.50. The topological polar surface area (TPSA) is 84.8 Å². The van der Waals surface area contributed by atoms with Crippen molar-refractivity contribution in [3.05, 3.63) is 75.2 Å². The van der Waals surface area contributed by atoms with Gasteiger partial charge >= 0.3 is 5.97 Å². The number of pyridine rings is 2. The van der Waals surface area contributed by atoms with Crippen molar-refractivity contribution in [1.29, 1.82) is 0 Å². The number of aryl methyl sites for hydroxylation is 1. The molecule has 0 saturated heterocycles. The normalized spacial score (nSPS) is 13.9. The standard InChI is InChI=1S/C22H22N2O3/c1-13-17(15-4-2-14(3-5-15)8-10-23)9-11-24-20(13)18(16-6-7-16)12-19(21(24)25)22(26)27/h2-5,9,11-12,16H,6-8,10,23H2,1H3,(H,26,27). The van der Waals surface area contributed by atoms with Gasteiger partial charge in [-0.05, 0) is 78.6 Å². The minimum absolute atomic E-state index is 0.160. The zero-order chi connectivity index (χ0) is 19.1. The number of fused-ring (bicyclic) bond motifs is 1. The van der Waals surface area contributed by atoms with Crippen LogP contribution in [0.3, 0.4) is 0 Å². The van der Waals surface area contributed by atoms with Gasteiger partial charge in [0.2, 0.25) is 0 Å². The van der Waals surface area contributed by atoms with Gasteiger partial charge in [-0.2, -0.15) is 0 Å². The number of rotatable bonds is 5. The highest BCUT2D eigenvalue weighted by molar-refractivity contribution is 5.89. The molecule has 0 bridgehead atoms. The summed E-state index contributed by atoms with van der Waals surface area (Å²) in [6, 6.07) is 11.8. The first-order chi connectivity index (χ1) is 13.0. The van der Waals surface area contributed by atoms with E-state index < -0.39 is 11.5 Å². The number of hydrogen-bond donors (Lipinski definition) is 2. The second kappa shape index (κ2) is 6.67. The number of carboxylic acid groups (broad SMARTS) is 1. The Bertz CT molecular complexity index is 1090. The molecule has 2 heterocycles. The molecule has 0 atom stereocenters. The van der Waals surface area contributed by atoms with Gasteiger partial charge in [0.05, 0.1) is 5.52 Å². The molecular formula is C22H22N2O3. The minimum Gasteiger partial charge on any atom is -0.477 e. The molecule has 1 saturated carbocycles. The van der Waals surface area contributed by atoms with Gasteiger partial charge in [-0.15, -0.1) is 0 Å². The summed E-state index contributed by atoms with van der Waals surface area (Å²) in [5.41, 5.74) is 11.1. The Labute approximate surface area is 157 Å². The lowest BCUT2D eigenvalue weighted by atomic mass is 9.96. The lowest BCUT2D eigenvalue weighted by molar-refractivity contribution is 0.0694. The Morgan fingerprint density at radius 3 is 2.52 bits per heavy atom. The minimum atomic E-state index is -1.17. The number of aromatic carboxylic acids is 1. The van der Waals surface area contributed by atoms with Crippen molar-refractivity contribution >= 4 is 11.5 Å². The third kappa shape index (κ3) is 3.04. The van der Waals surface area contributed by atoms with Crippen molar-refractivity contribution in [3.63, 3.8) is 0 Å². The molecule has 1 fully saturated rings. The molecule has 3 aromatic rings. The van der Waals surface area contributed by atoms with E-state index in [0.29, 0.717) is 12.5 Å². The summed E-state index contributed by atoms with van der Waals surface area (Å²) in [5, 5.41) is 9.40. The van der Waals surface area contributed by atoms with Crippen LogP contribution in [0.2, 0.25) is 0 Å². The maximum absolute atomic E-state index is 12.7. The molecule has 0 unspecified atom stereocenters. The fraction of sp³-hybridized carbons (Fsp3) is 0.273. The molecule has 4 rings (SSSR count). The molecule has 2 aromatic heterocycles. The van der Waals surface area contributed by atoms with Gasteiger partial charge < -0.3 is 10.8 Å². The highest BCUT2D eigenvalue weighted by atomic mass is 16.4. The van der Waals surface area contributed by atoms with Crippen LogP contribution in [0.5, 0.6) is 0 Å². The maximum Gasteiger partial charge on any atom is 0.341 e. The van der Waals surface area contributed by atoms with Crippen LogP contribution in [0.4, 0.5) is 0 Å². The van der Waals surface area contributed by atoms with Crippen LogP contribution < -0.4 is 11.3 Å². The lowest BCUT2D eigenvalue weighted by Gasteiger charge is -2.15. The Balaban J connectivity index is 1.93. The number of carboxylic acids is 1. The molecule has 0 radical (unpaired) electrons. The largest absolute Gasteiger partial charge is 0.477 e. The van der Waals surface area contributed by atoms with E-state index in [2.05, 4.69) is 24.3 Å². The van der Waals surface area contributed by atoms with Gasteiger partial charge in [0.25, 0.3) is 5.56 Å². The first-order valence-corrected chi connectivity index (χ1v) is 9.22. The lowest BCUT2D eigenvalue weighted by Crippen LogP contribution is -2.23. The van der Waals surface area contributed by atoms with Gasteiger partial charge in [0.1, 0.15) is 5.56 Å². The fourth-order valence-corrected chi connectivity index (χ4v) is 3.79. The second-order valence-electron chi connectivity index (χ2n) is 7.21. The van der Waals surface area contributed by atoms with Gasteiger partial charge in [0.15, 0.2) is 0 Å². The average Bonchev–Trinajstić information content (AvgIpc) is 3.48. The molecule has 5 heteroatoms. The second-order valence-corrected chi connectivity index (χ2v) is 7.21. The third-order valence-corrected chi connectivity index (χ3v) is 5.36. The highest BCUT2D eigenvalue weighted by Crippen LogP contribution is 2.43. The number of benzene rings is 1. The van der Waals surface area contributed by atoms with Crippen molar-refractivity contribution in [3.8, 4) is 11.1 Å². The van der Waals surface area contributed by atoms with E-state index in [1.54, 1.807) is 12.3 Å². The molecular weight excluding hydrogens is 340 g/mol. The third-order valence-electron chi connectivity index (χ3n) is 5.36. The monoisotopic (exact) mass is 362 g/mol. The molecule has 27 heavy (non-hydrogen) atoms. The van der Waals surface area contributed by atoms with E-state index in [1.807, 2.05) is 13.0 Å². The van der Waals surface area contributed by atoms with Crippen LogP contribution in [0.15, 0.2) is 47.4 Å².